The van der Waals surface area contributed by atoms with Crippen molar-refractivity contribution in [1.82, 2.24) is 5.32 Å². The minimum Gasteiger partial charge on any atom is -0.377 e. The van der Waals surface area contributed by atoms with Crippen LogP contribution in [0.4, 0.5) is 17.1 Å². The Morgan fingerprint density at radius 2 is 1.80 bits per heavy atom. The average Bonchev–Trinajstić information content (AvgIpc) is 2.89. The Morgan fingerprint density at radius 3 is 2.49 bits per heavy atom. The first-order valence-corrected chi connectivity index (χ1v) is 12.1. The van der Waals surface area contributed by atoms with Crippen molar-refractivity contribution in [2.75, 3.05) is 36.3 Å². The van der Waals surface area contributed by atoms with Gasteiger partial charge in [0.2, 0.25) is 5.71 Å². The van der Waals surface area contributed by atoms with Gasteiger partial charge in [-0.05, 0) is 73.2 Å². The molecule has 1 aliphatic heterocycles. The van der Waals surface area contributed by atoms with E-state index in [0.717, 1.165) is 28.1 Å². The van der Waals surface area contributed by atoms with Crippen molar-refractivity contribution in [2.45, 2.75) is 13.1 Å². The number of nitrogens with one attached hydrogen (secondary N) is 3. The van der Waals surface area contributed by atoms with Crippen LogP contribution < -0.4 is 25.4 Å². The molecule has 6 nitrogen and oxygen atoms in total. The first-order valence-electron chi connectivity index (χ1n) is 11.0. The van der Waals surface area contributed by atoms with Crippen molar-refractivity contribution in [2.24, 2.45) is 0 Å². The quantitative estimate of drug-likeness (QED) is 0.453. The fraction of sp³-hybridized carbons (Fsp3) is 0.192. The predicted octanol–water partition coefficient (Wildman–Crippen LogP) is 3.57. The fourth-order valence-electron chi connectivity index (χ4n) is 4.12. The summed E-state index contributed by atoms with van der Waals surface area (Å²) in [7, 11) is 5.72. The molecule has 1 heterocycles. The predicted molar refractivity (Wildman–Crippen MR) is 149 cm³/mol. The second kappa shape index (κ2) is 10.2. The van der Waals surface area contributed by atoms with Crippen molar-refractivity contribution in [1.29, 1.82) is 0 Å². The van der Waals surface area contributed by atoms with Gasteiger partial charge in [0.1, 0.15) is 0 Å². The molecule has 0 bridgehead atoms. The van der Waals surface area contributed by atoms with E-state index in [0.29, 0.717) is 26.6 Å². The number of halogens is 2. The van der Waals surface area contributed by atoms with Crippen LogP contribution in [0, 0.1) is 6.92 Å². The van der Waals surface area contributed by atoms with Crippen LogP contribution in [-0.4, -0.2) is 44.0 Å². The van der Waals surface area contributed by atoms with E-state index in [1.165, 1.54) is 0 Å². The number of thiocarbonyl (C=S) groups is 1. The van der Waals surface area contributed by atoms with Gasteiger partial charge in [0.15, 0.2) is 5.11 Å². The Labute approximate surface area is 220 Å². The number of rotatable bonds is 4. The van der Waals surface area contributed by atoms with Crippen LogP contribution in [0.5, 0.6) is 0 Å². The Balaban J connectivity index is 1.69. The molecule has 0 saturated carbocycles. The van der Waals surface area contributed by atoms with E-state index in [2.05, 4.69) is 20.5 Å². The van der Waals surface area contributed by atoms with Gasteiger partial charge < -0.3 is 15.1 Å². The third-order valence-corrected chi connectivity index (χ3v) is 6.60. The third kappa shape index (κ3) is 5.27. The molecule has 1 amide bonds. The first kappa shape index (κ1) is 25.0. The Morgan fingerprint density at radius 1 is 1.06 bits per heavy atom. The summed E-state index contributed by atoms with van der Waals surface area (Å²) in [6.07, 6.45) is -0.848. The molecule has 3 N–H and O–H groups in total. The Hall–Kier alpha value is -3.13. The van der Waals surface area contributed by atoms with Gasteiger partial charge in [0.25, 0.3) is 0 Å². The van der Waals surface area contributed by atoms with E-state index in [4.69, 9.17) is 35.4 Å². The van der Waals surface area contributed by atoms with E-state index in [-0.39, 0.29) is 5.91 Å². The highest BCUT2D eigenvalue weighted by molar-refractivity contribution is 7.80. The maximum atomic E-state index is 13.4. The number of fused-ring (bicyclic) bond motifs is 1. The summed E-state index contributed by atoms with van der Waals surface area (Å²) in [6.45, 7) is 2.04. The number of anilines is 3. The summed E-state index contributed by atoms with van der Waals surface area (Å²) in [6, 6.07) is 18.8. The first-order chi connectivity index (χ1) is 16.7. The summed E-state index contributed by atoms with van der Waals surface area (Å²) in [4.78, 5) is 20.4. The lowest BCUT2D eigenvalue weighted by atomic mass is 10.00. The number of aryl methyl sites for hydroxylation is 1. The van der Waals surface area contributed by atoms with Crippen LogP contribution in [0.25, 0.3) is 0 Å². The highest BCUT2D eigenvalue weighted by Gasteiger charge is 2.36. The van der Waals surface area contributed by atoms with Crippen LogP contribution in [0.3, 0.4) is 0 Å². The number of carbonyl (C=O) groups is 1. The largest absolute Gasteiger partial charge is 0.377 e. The molecule has 3 aromatic rings. The lowest BCUT2D eigenvalue weighted by Crippen LogP contribution is -2.87. The summed E-state index contributed by atoms with van der Waals surface area (Å²) < 4.78 is 0. The molecule has 9 heteroatoms. The molecule has 35 heavy (non-hydrogen) atoms. The zero-order valence-corrected chi connectivity index (χ0v) is 22.1. The van der Waals surface area contributed by atoms with Crippen LogP contribution in [-0.2, 0) is 4.79 Å². The molecule has 1 atom stereocenters. The molecule has 0 spiro atoms. The molecule has 1 unspecified atom stereocenters. The van der Waals surface area contributed by atoms with Crippen molar-refractivity contribution in [3.8, 4) is 0 Å². The van der Waals surface area contributed by atoms with E-state index in [9.17, 15) is 4.79 Å². The molecule has 0 saturated heterocycles. The second-order valence-electron chi connectivity index (χ2n) is 8.49. The average molecular weight is 528 g/mol. The molecule has 0 aliphatic carbocycles. The van der Waals surface area contributed by atoms with Gasteiger partial charge in [-0.2, -0.15) is 0 Å². The number of hydrogen-bond donors (Lipinski definition) is 3. The molecule has 1 aliphatic rings. The summed E-state index contributed by atoms with van der Waals surface area (Å²) in [5, 5.41) is 7.72. The monoisotopic (exact) mass is 526 g/mol. The van der Waals surface area contributed by atoms with E-state index in [1.54, 1.807) is 24.1 Å². The smallest absolute Gasteiger partial charge is 0.317 e. The van der Waals surface area contributed by atoms with Crippen molar-refractivity contribution < 1.29 is 9.79 Å². The molecule has 0 radical (unpaired) electrons. The lowest BCUT2D eigenvalue weighted by molar-refractivity contribution is -0.489. The van der Waals surface area contributed by atoms with Gasteiger partial charge in [0, 0.05) is 37.5 Å². The number of amides is 1. The van der Waals surface area contributed by atoms with E-state index in [1.807, 2.05) is 69.6 Å². The van der Waals surface area contributed by atoms with Gasteiger partial charge in [0.05, 0.1) is 21.8 Å². The zero-order chi connectivity index (χ0) is 25.3. The van der Waals surface area contributed by atoms with Crippen LogP contribution in [0.1, 0.15) is 16.7 Å². The maximum absolute atomic E-state index is 13.4. The number of benzodiazepines with no additional fused rings is 1. The van der Waals surface area contributed by atoms with Gasteiger partial charge in [-0.25, -0.2) is 4.99 Å². The van der Waals surface area contributed by atoms with Crippen molar-refractivity contribution in [3.05, 3.63) is 87.4 Å². The number of hydrogen-bond acceptors (Lipinski definition) is 3. The highest BCUT2D eigenvalue weighted by atomic mass is 35.5. The minimum absolute atomic E-state index is 0.209. The van der Waals surface area contributed by atoms with Gasteiger partial charge in [-0.1, -0.05) is 35.3 Å². The molecule has 3 aromatic carbocycles. The summed E-state index contributed by atoms with van der Waals surface area (Å²) >= 11 is 18.4. The number of benzene rings is 3. The molecule has 0 aromatic heterocycles. The molecular formula is C26H26Cl2N5OS+. The lowest BCUT2D eigenvalue weighted by Gasteiger charge is -2.20. The summed E-state index contributed by atoms with van der Waals surface area (Å²) in [5.74, 6) is -0.209. The van der Waals surface area contributed by atoms with Crippen LogP contribution >= 0.6 is 35.4 Å². The van der Waals surface area contributed by atoms with Gasteiger partial charge in [-0.3, -0.25) is 10.1 Å². The van der Waals surface area contributed by atoms with Crippen LogP contribution in [0.15, 0.2) is 60.7 Å². The fourth-order valence-corrected chi connectivity index (χ4v) is 4.75. The topological polar surface area (TPSA) is 61.6 Å². The van der Waals surface area contributed by atoms with Crippen molar-refractivity contribution >= 4 is 69.2 Å². The number of carbonyl (C=O) groups excluding carboxylic acids is 1. The van der Waals surface area contributed by atoms with Crippen molar-refractivity contribution in [3.63, 3.8) is 0 Å². The van der Waals surface area contributed by atoms with E-state index >= 15 is 0 Å². The normalized spacial score (nSPS) is 15.1. The van der Waals surface area contributed by atoms with E-state index < -0.39 is 6.17 Å². The van der Waals surface area contributed by atoms with Crippen LogP contribution in [0.2, 0.25) is 10.0 Å². The highest BCUT2D eigenvalue weighted by Crippen LogP contribution is 2.29. The Kier molecular flexibility index (Phi) is 7.31. The summed E-state index contributed by atoms with van der Waals surface area (Å²) in [5.41, 5.74) is 5.95. The Bertz CT molecular complexity index is 1340. The second-order valence-corrected chi connectivity index (χ2v) is 9.74. The van der Waals surface area contributed by atoms with Gasteiger partial charge >= 0.3 is 12.1 Å². The number of likely N-dealkylation sites (N-methyl/N-ethyl adjacent to an activating group) is 1. The molecule has 0 fully saturated rings. The maximum Gasteiger partial charge on any atom is 0.317 e. The third-order valence-electron chi connectivity index (χ3n) is 5.81. The number of nitrogens with zero attached hydrogens (tertiary/aromatic N) is 2. The zero-order valence-electron chi connectivity index (χ0n) is 19.8. The SMILES string of the molecule is Cc1cc(NC(=S)NC2[NH+]=C(c3ccccc3Cl)c3cc(Cl)ccc3N(C)C2=O)ccc1N(C)C. The standard InChI is InChI=1S/C26H25Cl2N5OS/c1-15-13-17(10-12-21(15)32(2)3)29-26(35)31-24-25(34)33(4)22-11-9-16(27)14-19(22)23(30-24)18-7-5-6-8-20(18)28/h5-14,24H,1-4H3,(H2,29,31,35)/p+1. The molecule has 180 valence electrons. The molecular weight excluding hydrogens is 501 g/mol. The minimum atomic E-state index is -0.848. The van der Waals surface area contributed by atoms with Gasteiger partial charge in [-0.15, -0.1) is 0 Å². The molecule has 4 rings (SSSR count).